The second-order valence-electron chi connectivity index (χ2n) is 9.70. The van der Waals surface area contributed by atoms with Crippen molar-refractivity contribution in [1.29, 1.82) is 0 Å². The van der Waals surface area contributed by atoms with Crippen LogP contribution < -0.4 is 16.0 Å². The zero-order valence-electron chi connectivity index (χ0n) is 20.7. The summed E-state index contributed by atoms with van der Waals surface area (Å²) in [7, 11) is 3.58. The number of aliphatic imine (C=N–C) groups is 1. The monoisotopic (exact) mass is 440 g/mol. The lowest BCUT2D eigenvalue weighted by Crippen LogP contribution is -2.50. The minimum absolute atomic E-state index is 0.121. The van der Waals surface area contributed by atoms with E-state index in [2.05, 4.69) is 34.7 Å². The van der Waals surface area contributed by atoms with E-state index in [9.17, 15) is 9.59 Å². The maximum Gasteiger partial charge on any atom is 0.407 e. The number of hydrogen-bond acceptors (Lipinski definition) is 5. The zero-order valence-corrected chi connectivity index (χ0v) is 20.7. The number of hydrogen-bond donors (Lipinski definition) is 3. The Morgan fingerprint density at radius 1 is 1.19 bits per heavy atom. The minimum atomic E-state index is -0.530. The van der Waals surface area contributed by atoms with Crippen molar-refractivity contribution < 1.29 is 14.3 Å². The highest BCUT2D eigenvalue weighted by molar-refractivity contribution is 5.80. The molecule has 0 spiro atoms. The van der Waals surface area contributed by atoms with Gasteiger partial charge in [-0.1, -0.05) is 13.8 Å². The van der Waals surface area contributed by atoms with Crippen molar-refractivity contribution in [2.45, 2.75) is 72.1 Å². The summed E-state index contributed by atoms with van der Waals surface area (Å²) in [6, 6.07) is 0.184. The Morgan fingerprint density at radius 3 is 2.29 bits per heavy atom. The number of carbonyl (C=O) groups excluding carboxylic acids is 2. The highest BCUT2D eigenvalue weighted by Crippen LogP contribution is 2.11. The smallest absolute Gasteiger partial charge is 0.407 e. The number of piperidine rings is 1. The molecule has 1 aliphatic heterocycles. The maximum atomic E-state index is 12.2. The van der Waals surface area contributed by atoms with Gasteiger partial charge in [-0.15, -0.1) is 0 Å². The first-order valence-corrected chi connectivity index (χ1v) is 11.4. The second kappa shape index (κ2) is 12.7. The van der Waals surface area contributed by atoms with Gasteiger partial charge in [-0.3, -0.25) is 14.7 Å². The van der Waals surface area contributed by atoms with E-state index in [1.165, 1.54) is 0 Å². The number of guanidine groups is 1. The first kappa shape index (κ1) is 27.0. The molecule has 9 nitrogen and oxygen atoms in total. The van der Waals surface area contributed by atoms with Crippen LogP contribution in [-0.2, 0) is 9.53 Å². The van der Waals surface area contributed by atoms with Gasteiger partial charge in [-0.05, 0) is 46.5 Å². The molecule has 1 fully saturated rings. The van der Waals surface area contributed by atoms with Gasteiger partial charge >= 0.3 is 6.09 Å². The molecule has 1 atom stereocenters. The Morgan fingerprint density at radius 2 is 1.81 bits per heavy atom. The molecule has 9 heteroatoms. The lowest BCUT2D eigenvalue weighted by atomic mass is 10.0. The molecule has 0 aromatic carbocycles. The summed E-state index contributed by atoms with van der Waals surface area (Å²) in [4.78, 5) is 32.6. The quantitative estimate of drug-likeness (QED) is 0.392. The van der Waals surface area contributed by atoms with Gasteiger partial charge in [0.1, 0.15) is 5.60 Å². The molecule has 1 rings (SSSR count). The van der Waals surface area contributed by atoms with Crippen LogP contribution in [0.1, 0.15) is 54.4 Å². The number of carbonyl (C=O) groups is 2. The van der Waals surface area contributed by atoms with E-state index in [-0.39, 0.29) is 17.9 Å². The maximum absolute atomic E-state index is 12.2. The molecule has 0 radical (unpaired) electrons. The lowest BCUT2D eigenvalue weighted by molar-refractivity contribution is -0.130. The van der Waals surface area contributed by atoms with Crippen molar-refractivity contribution in [2.75, 3.05) is 46.8 Å². The molecule has 0 aliphatic carbocycles. The third-order valence-electron chi connectivity index (χ3n) is 5.08. The van der Waals surface area contributed by atoms with E-state index in [4.69, 9.17) is 9.73 Å². The van der Waals surface area contributed by atoms with E-state index in [1.54, 1.807) is 19.0 Å². The highest BCUT2D eigenvalue weighted by Gasteiger charge is 2.23. The van der Waals surface area contributed by atoms with Gasteiger partial charge in [0.2, 0.25) is 5.91 Å². The summed E-state index contributed by atoms with van der Waals surface area (Å²) in [6.45, 7) is 15.2. The molecule has 0 aromatic rings. The number of rotatable bonds is 8. The summed E-state index contributed by atoms with van der Waals surface area (Å²) in [5, 5.41) is 9.75. The molecule has 1 saturated heterocycles. The Hall–Kier alpha value is -2.03. The van der Waals surface area contributed by atoms with Gasteiger partial charge in [-0.2, -0.15) is 0 Å². The Labute approximate surface area is 188 Å². The van der Waals surface area contributed by atoms with Crippen molar-refractivity contribution in [2.24, 2.45) is 10.9 Å². The molecular formula is C22H44N6O3. The van der Waals surface area contributed by atoms with E-state index in [0.717, 1.165) is 38.4 Å². The fraction of sp³-hybridized carbons (Fsp3) is 0.864. The van der Waals surface area contributed by atoms with E-state index in [1.807, 2.05) is 27.7 Å². The Kier molecular flexibility index (Phi) is 11.1. The van der Waals surface area contributed by atoms with Crippen LogP contribution in [0.2, 0.25) is 0 Å². The third-order valence-corrected chi connectivity index (χ3v) is 5.08. The molecule has 1 aliphatic rings. The van der Waals surface area contributed by atoms with Gasteiger partial charge in [0.15, 0.2) is 5.96 Å². The van der Waals surface area contributed by atoms with Crippen LogP contribution in [0.3, 0.4) is 0 Å². The predicted molar refractivity (Wildman–Crippen MR) is 125 cm³/mol. The number of nitrogens with zero attached hydrogens (tertiary/aromatic N) is 3. The summed E-state index contributed by atoms with van der Waals surface area (Å²) in [5.41, 5.74) is -0.530. The molecule has 0 bridgehead atoms. The number of likely N-dealkylation sites (tertiary alicyclic amines) is 1. The predicted octanol–water partition coefficient (Wildman–Crippen LogP) is 1.64. The van der Waals surface area contributed by atoms with Gasteiger partial charge in [-0.25, -0.2) is 4.79 Å². The van der Waals surface area contributed by atoms with Gasteiger partial charge in [0.05, 0.1) is 19.1 Å². The van der Waals surface area contributed by atoms with E-state index in [0.29, 0.717) is 19.1 Å². The summed E-state index contributed by atoms with van der Waals surface area (Å²) in [6.07, 6.45) is 1.49. The Bertz CT molecular complexity index is 593. The molecule has 0 aromatic heterocycles. The number of amides is 2. The normalized spacial score (nSPS) is 17.3. The van der Waals surface area contributed by atoms with Crippen molar-refractivity contribution in [3.05, 3.63) is 0 Å². The number of alkyl carbamates (subject to hydrolysis) is 1. The average molecular weight is 441 g/mol. The molecule has 1 unspecified atom stereocenters. The molecule has 0 saturated carbocycles. The number of likely N-dealkylation sites (N-methyl/N-ethyl adjacent to an activating group) is 1. The third kappa shape index (κ3) is 11.2. The largest absolute Gasteiger partial charge is 0.444 e. The first-order chi connectivity index (χ1) is 14.4. The molecule has 31 heavy (non-hydrogen) atoms. The topological polar surface area (TPSA) is 98.3 Å². The SMILES string of the molecule is CCNC(=NCC(NC(=O)OC(C)(C)C)C(C)C)NC1CCN(CC(=O)N(C)C)CC1. The van der Waals surface area contributed by atoms with Crippen molar-refractivity contribution in [3.8, 4) is 0 Å². The summed E-state index contributed by atoms with van der Waals surface area (Å²) in [5.74, 6) is 1.11. The number of ether oxygens (including phenoxy) is 1. The second-order valence-corrected chi connectivity index (χ2v) is 9.70. The van der Waals surface area contributed by atoms with Crippen LogP contribution in [0.25, 0.3) is 0 Å². The fourth-order valence-electron chi connectivity index (χ4n) is 3.15. The van der Waals surface area contributed by atoms with E-state index >= 15 is 0 Å². The van der Waals surface area contributed by atoms with Crippen molar-refractivity contribution in [3.63, 3.8) is 0 Å². The van der Waals surface area contributed by atoms with Gasteiger partial charge in [0, 0.05) is 39.8 Å². The standard InChI is InChI=1S/C22H44N6O3/c1-9-23-20(24-14-18(16(2)3)26-21(30)31-22(4,5)6)25-17-10-12-28(13-11-17)15-19(29)27(7)8/h16-18H,9-15H2,1-8H3,(H,26,30)(H2,23,24,25). The number of nitrogens with one attached hydrogen (secondary N) is 3. The lowest BCUT2D eigenvalue weighted by Gasteiger charge is -2.33. The molecular weight excluding hydrogens is 396 g/mol. The highest BCUT2D eigenvalue weighted by atomic mass is 16.6. The van der Waals surface area contributed by atoms with Crippen molar-refractivity contribution >= 4 is 18.0 Å². The van der Waals surface area contributed by atoms with Crippen LogP contribution >= 0.6 is 0 Å². The van der Waals surface area contributed by atoms with Gasteiger partial charge < -0.3 is 25.6 Å². The Balaban J connectivity index is 2.61. The molecule has 180 valence electrons. The summed E-state index contributed by atoms with van der Waals surface area (Å²) >= 11 is 0. The summed E-state index contributed by atoms with van der Waals surface area (Å²) < 4.78 is 5.38. The van der Waals surface area contributed by atoms with Crippen LogP contribution in [-0.4, -0.2) is 92.3 Å². The average Bonchev–Trinajstić information content (AvgIpc) is 2.64. The molecule has 1 heterocycles. The van der Waals surface area contributed by atoms with Gasteiger partial charge in [0.25, 0.3) is 0 Å². The zero-order chi connectivity index (χ0) is 23.6. The molecule has 2 amide bonds. The van der Waals surface area contributed by atoms with Crippen LogP contribution in [0.4, 0.5) is 4.79 Å². The first-order valence-electron chi connectivity index (χ1n) is 11.4. The van der Waals surface area contributed by atoms with Crippen LogP contribution in [0.5, 0.6) is 0 Å². The van der Waals surface area contributed by atoms with E-state index < -0.39 is 11.7 Å². The molecule has 3 N–H and O–H groups in total. The van der Waals surface area contributed by atoms with Crippen LogP contribution in [0, 0.1) is 5.92 Å². The van der Waals surface area contributed by atoms with Crippen LogP contribution in [0.15, 0.2) is 4.99 Å². The minimum Gasteiger partial charge on any atom is -0.444 e. The van der Waals surface area contributed by atoms with Crippen molar-refractivity contribution in [1.82, 2.24) is 25.8 Å². The fourth-order valence-corrected chi connectivity index (χ4v) is 3.15.